The van der Waals surface area contributed by atoms with Crippen LogP contribution in [0, 0.1) is 0 Å². The van der Waals surface area contributed by atoms with Gasteiger partial charge in [-0.15, -0.1) is 11.3 Å². The van der Waals surface area contributed by atoms with Crippen LogP contribution in [-0.4, -0.2) is 13.7 Å². The van der Waals surface area contributed by atoms with E-state index >= 15 is 0 Å². The van der Waals surface area contributed by atoms with E-state index in [0.717, 1.165) is 137 Å². The second-order valence-electron chi connectivity index (χ2n) is 32.8. The maximum absolute atomic E-state index is 10.0. The van der Waals surface area contributed by atoms with Crippen LogP contribution in [0.5, 0.6) is 0 Å². The monoisotopic (exact) mass is 1530 g/mol. The van der Waals surface area contributed by atoms with Crippen LogP contribution in [-0.2, 0) is 10.8 Å². The Morgan fingerprint density at radius 3 is 1.32 bits per heavy atom. The molecule has 0 saturated carbocycles. The first-order chi connectivity index (χ1) is 64.0. The molecule has 0 saturated heterocycles. The Kier molecular flexibility index (Phi) is 12.1. The first-order valence-electron chi connectivity index (χ1n) is 47.6. The van der Waals surface area contributed by atoms with Crippen LogP contribution in [0.25, 0.3) is 158 Å². The molecule has 1 unspecified atom stereocenters. The van der Waals surface area contributed by atoms with Crippen molar-refractivity contribution in [2.75, 3.05) is 9.80 Å². The largest absolute Gasteiger partial charge is 0.310 e. The zero-order valence-corrected chi connectivity index (χ0v) is 65.6. The van der Waals surface area contributed by atoms with Gasteiger partial charge in [0.25, 0.3) is 0 Å². The summed E-state index contributed by atoms with van der Waals surface area (Å²) in [5.74, 6) is -0.824. The molecule has 23 rings (SSSR count). The fourth-order valence-corrected chi connectivity index (χ4v) is 19.8. The SMILES string of the molecule is [2H]c1c([2H])c([2H])c2c(c1[2H])c1c([2H])c([2H])c([2H])c([2H])c1n2-c1ccc2c(c1)N(c1cc(-c3ccccc3)cc(C(C)(C)C)c1)c1cc(-c3c(-c4cccc5c4sc4ccccc45)cc(C(C)(C)C)cc3-n3c4ccccc4c4ccccc43)cc3c1C2c1ccc(-n2c4c([2H])c([2H])c([2H])c([2H])c4c4c([2H])c([2H])c([2H])c([2H])c42)cc1N3c1ccc(-c2ccccc2)cc1-c1ccccc1. The smallest absolute Gasteiger partial charge is 0.0645 e. The van der Waals surface area contributed by atoms with Crippen LogP contribution in [0.2, 0.25) is 0 Å². The maximum Gasteiger partial charge on any atom is 0.0645 e. The number of benzene rings is 17. The third-order valence-electron chi connectivity index (χ3n) is 24.0. The lowest BCUT2D eigenvalue weighted by Crippen LogP contribution is -2.30. The minimum absolute atomic E-state index is 0.0580. The van der Waals surface area contributed by atoms with Crippen LogP contribution in [0.15, 0.2) is 376 Å². The number of rotatable bonds is 10. The number of fused-ring (bicyclic) bond motifs is 16. The van der Waals surface area contributed by atoms with Crippen molar-refractivity contribution in [1.82, 2.24) is 13.7 Å². The number of para-hydroxylation sites is 6. The van der Waals surface area contributed by atoms with Crippen LogP contribution in [0.4, 0.5) is 34.1 Å². The second kappa shape index (κ2) is 26.3. The molecule has 0 radical (unpaired) electrons. The highest BCUT2D eigenvalue weighted by Gasteiger charge is 2.44. The third kappa shape index (κ3) is 10.7. The number of nitrogens with zero attached hydrogens (tertiary/aromatic N) is 5. The summed E-state index contributed by atoms with van der Waals surface area (Å²) in [7, 11) is 0. The highest BCUT2D eigenvalue weighted by molar-refractivity contribution is 7.26. The third-order valence-corrected chi connectivity index (χ3v) is 25.2. The molecule has 0 aliphatic carbocycles. The molecule has 17 aromatic carbocycles. The fraction of sp³-hybridized carbons (Fsp3) is 0.0811. The molecule has 6 heteroatoms. The molecule has 6 heterocycles. The molecule has 556 valence electrons. The van der Waals surface area contributed by atoms with E-state index in [1.165, 1.54) is 0 Å². The summed E-state index contributed by atoms with van der Waals surface area (Å²) in [4.78, 5) is 4.64. The number of aromatic nitrogens is 3. The van der Waals surface area contributed by atoms with Gasteiger partial charge in [0.1, 0.15) is 0 Å². The Morgan fingerprint density at radius 2 is 0.752 bits per heavy atom. The van der Waals surface area contributed by atoms with Gasteiger partial charge in [0.15, 0.2) is 0 Å². The van der Waals surface area contributed by atoms with E-state index in [0.29, 0.717) is 39.8 Å². The van der Waals surface area contributed by atoms with Crippen molar-refractivity contribution < 1.29 is 21.9 Å². The number of hydrogen-bond donors (Lipinski definition) is 0. The molecule has 0 bridgehead atoms. The average molecular weight is 1530 g/mol. The lowest BCUT2D eigenvalue weighted by molar-refractivity contribution is 0.590. The topological polar surface area (TPSA) is 21.3 Å². The summed E-state index contributed by atoms with van der Waals surface area (Å²) in [6.45, 7) is 13.4. The zero-order chi connectivity index (χ0) is 92.0. The van der Waals surface area contributed by atoms with Crippen molar-refractivity contribution in [3.63, 3.8) is 0 Å². The van der Waals surface area contributed by atoms with E-state index in [9.17, 15) is 21.9 Å². The Labute approximate surface area is 707 Å². The van der Waals surface area contributed by atoms with Crippen molar-refractivity contribution in [3.8, 4) is 72.7 Å². The van der Waals surface area contributed by atoms with Gasteiger partial charge in [0, 0.05) is 97.7 Å². The van der Waals surface area contributed by atoms with Crippen molar-refractivity contribution in [3.05, 3.63) is 404 Å². The van der Waals surface area contributed by atoms with Gasteiger partial charge in [-0.05, 0) is 187 Å². The number of hydrogen-bond acceptors (Lipinski definition) is 3. The van der Waals surface area contributed by atoms with Gasteiger partial charge in [0.2, 0.25) is 0 Å². The zero-order valence-electron chi connectivity index (χ0n) is 80.8. The van der Waals surface area contributed by atoms with Crippen molar-refractivity contribution in [2.24, 2.45) is 0 Å². The van der Waals surface area contributed by atoms with Crippen molar-refractivity contribution in [2.45, 2.75) is 58.3 Å². The molecule has 5 nitrogen and oxygen atoms in total. The fourth-order valence-electron chi connectivity index (χ4n) is 18.5. The first kappa shape index (κ1) is 53.9. The summed E-state index contributed by atoms with van der Waals surface area (Å²) in [6, 6.07) is 89.2. The first-order valence-corrected chi connectivity index (χ1v) is 40.4. The van der Waals surface area contributed by atoms with Crippen LogP contribution in [0.1, 0.15) is 97.2 Å². The Balaban J connectivity index is 0.956. The van der Waals surface area contributed by atoms with Crippen LogP contribution in [0.3, 0.4) is 0 Å². The lowest BCUT2D eigenvalue weighted by atomic mass is 9.74. The lowest BCUT2D eigenvalue weighted by Gasteiger charge is -2.46. The van der Waals surface area contributed by atoms with Gasteiger partial charge < -0.3 is 23.5 Å². The predicted octanol–water partition coefficient (Wildman–Crippen LogP) is 31.0. The number of thiophene rings is 1. The summed E-state index contributed by atoms with van der Waals surface area (Å²) >= 11 is 1.75. The molecule has 1 atom stereocenters. The summed E-state index contributed by atoms with van der Waals surface area (Å²) in [5.41, 5.74) is 19.4. The van der Waals surface area contributed by atoms with E-state index in [-0.39, 0.29) is 43.6 Å². The molecule has 2 aliphatic rings. The minimum Gasteiger partial charge on any atom is -0.310 e. The Morgan fingerprint density at radius 1 is 0.274 bits per heavy atom. The van der Waals surface area contributed by atoms with Crippen LogP contribution >= 0.6 is 11.3 Å². The Bertz CT molecular complexity index is 8490. The molecule has 0 amide bonds. The standard InChI is InChI=1S/C111H81N5S/c1-110(2,3)75-59-73(70-33-12-8-13-34-70)60-79(64-75)114-100-67-77(112-93-46-23-16-37-80(93)81-38-17-24-47-94(81)112)54-56-89(100)107-90-57-55-78(113-95-48-25-18-39-82(95)83-40-19-26-49-96(83)113)68-101(90)116(99-58-53-72(69-31-10-7-11-32-69)61-91(99)71-35-14-9-15-36-71)103-63-74(62-102(114)108(103)107)106-92(88-45-30-44-87-86-43-22-29-52-105(86)117-109(87)88)65-76(111(4,5)6)66-104(106)115-97-50-27-20-41-84(97)85-42-21-28-51-98(85)115/h7-68,107H,1-6H3/i16D,17D,18D,19D,23D,24D,25D,26D,37D,38D,39D,40D,46D,47D,48D,49D. The maximum atomic E-state index is 10.0. The quantitative estimate of drug-likeness (QED) is 0.136. The summed E-state index contributed by atoms with van der Waals surface area (Å²) < 4.78 is 161. The van der Waals surface area contributed by atoms with E-state index in [4.69, 9.17) is 0 Å². The second-order valence-corrected chi connectivity index (χ2v) is 33.8. The molecule has 117 heavy (non-hydrogen) atoms. The summed E-state index contributed by atoms with van der Waals surface area (Å²) in [6.07, 6.45) is 0. The predicted molar refractivity (Wildman–Crippen MR) is 497 cm³/mol. The number of anilines is 6. The molecule has 2 aliphatic heterocycles. The van der Waals surface area contributed by atoms with Gasteiger partial charge in [-0.1, -0.05) is 302 Å². The van der Waals surface area contributed by atoms with E-state index in [1.54, 1.807) is 20.5 Å². The summed E-state index contributed by atoms with van der Waals surface area (Å²) in [5, 5.41) is 3.98. The average Bonchev–Trinajstić information content (AvgIpc) is 1.16. The van der Waals surface area contributed by atoms with E-state index in [1.807, 2.05) is 91.0 Å². The van der Waals surface area contributed by atoms with E-state index < -0.39 is 113 Å². The van der Waals surface area contributed by atoms with Crippen molar-refractivity contribution >= 4 is 131 Å². The molecule has 0 spiro atoms. The molecular formula is C111H81N5S. The van der Waals surface area contributed by atoms with Crippen molar-refractivity contribution in [1.29, 1.82) is 0 Å². The van der Waals surface area contributed by atoms with Gasteiger partial charge in [-0.3, -0.25) is 0 Å². The van der Waals surface area contributed by atoms with Crippen LogP contribution < -0.4 is 9.80 Å². The molecule has 0 N–H and O–H groups in total. The molecular weight excluding hydrogens is 1440 g/mol. The molecule has 0 fully saturated rings. The Hall–Kier alpha value is -14.0. The van der Waals surface area contributed by atoms with E-state index in [2.05, 4.69) is 244 Å². The molecule has 21 aromatic rings. The highest BCUT2D eigenvalue weighted by Crippen LogP contribution is 2.64. The van der Waals surface area contributed by atoms with Gasteiger partial charge >= 0.3 is 0 Å². The molecule has 4 aromatic heterocycles. The van der Waals surface area contributed by atoms with Gasteiger partial charge in [0.05, 0.1) is 89.2 Å². The highest BCUT2D eigenvalue weighted by atomic mass is 32.1. The van der Waals surface area contributed by atoms with Gasteiger partial charge in [-0.25, -0.2) is 0 Å². The van der Waals surface area contributed by atoms with Gasteiger partial charge in [-0.2, -0.15) is 0 Å². The minimum atomic E-state index is -0.824. The normalized spacial score (nSPS) is 15.4.